The van der Waals surface area contributed by atoms with Crippen LogP contribution in [0.4, 0.5) is 5.69 Å². The highest BCUT2D eigenvalue weighted by atomic mass is 32.1. The second-order valence-electron chi connectivity index (χ2n) is 5.71. The molecule has 1 aromatic heterocycles. The molecule has 1 aliphatic heterocycles. The molecule has 1 amide bonds. The van der Waals surface area contributed by atoms with Crippen LogP contribution >= 0.6 is 11.3 Å². The van der Waals surface area contributed by atoms with E-state index in [1.54, 1.807) is 23.6 Å². The van der Waals surface area contributed by atoms with E-state index in [2.05, 4.69) is 10.3 Å². The summed E-state index contributed by atoms with van der Waals surface area (Å²) in [6.45, 7) is 1.83. The SMILES string of the molecule is C[C@H]1Oc2ccccc2O[C@H]1C(=O)Nc1ccc(-c2nccs2)cc1. The molecule has 0 radical (unpaired) electrons. The summed E-state index contributed by atoms with van der Waals surface area (Å²) in [6.07, 6.45) is 0.702. The Hall–Kier alpha value is -2.86. The first-order chi connectivity index (χ1) is 12.2. The first-order valence-electron chi connectivity index (χ1n) is 7.94. The highest BCUT2D eigenvalue weighted by molar-refractivity contribution is 7.13. The second-order valence-corrected chi connectivity index (χ2v) is 6.61. The van der Waals surface area contributed by atoms with E-state index in [4.69, 9.17) is 9.47 Å². The molecule has 2 aromatic carbocycles. The number of carbonyl (C=O) groups excluding carboxylic acids is 1. The van der Waals surface area contributed by atoms with Crippen LogP contribution in [0.1, 0.15) is 6.92 Å². The highest BCUT2D eigenvalue weighted by Gasteiger charge is 2.34. The molecule has 0 unspecified atom stereocenters. The van der Waals surface area contributed by atoms with Crippen LogP contribution in [0.5, 0.6) is 11.5 Å². The van der Waals surface area contributed by atoms with E-state index >= 15 is 0 Å². The molecule has 6 heteroatoms. The first-order valence-corrected chi connectivity index (χ1v) is 8.82. The van der Waals surface area contributed by atoms with E-state index < -0.39 is 6.10 Å². The van der Waals surface area contributed by atoms with Crippen molar-refractivity contribution in [3.63, 3.8) is 0 Å². The summed E-state index contributed by atoms with van der Waals surface area (Å²) in [6, 6.07) is 14.9. The van der Waals surface area contributed by atoms with Crippen molar-refractivity contribution in [2.75, 3.05) is 5.32 Å². The van der Waals surface area contributed by atoms with Gasteiger partial charge < -0.3 is 14.8 Å². The lowest BCUT2D eigenvalue weighted by Gasteiger charge is -2.31. The number of aromatic nitrogens is 1. The largest absolute Gasteiger partial charge is 0.482 e. The fourth-order valence-corrected chi connectivity index (χ4v) is 3.33. The monoisotopic (exact) mass is 352 g/mol. The number of hydrogen-bond acceptors (Lipinski definition) is 5. The van der Waals surface area contributed by atoms with Crippen LogP contribution in [0.15, 0.2) is 60.1 Å². The molecule has 0 saturated heterocycles. The molecular formula is C19H16N2O3S. The predicted octanol–water partition coefficient (Wildman–Crippen LogP) is 3.98. The molecule has 0 bridgehead atoms. The van der Waals surface area contributed by atoms with E-state index in [1.807, 2.05) is 54.8 Å². The fourth-order valence-electron chi connectivity index (χ4n) is 2.68. The number of fused-ring (bicyclic) bond motifs is 1. The number of anilines is 1. The van der Waals surface area contributed by atoms with Gasteiger partial charge in [-0.25, -0.2) is 4.98 Å². The van der Waals surface area contributed by atoms with Gasteiger partial charge in [0.15, 0.2) is 11.5 Å². The Morgan fingerprint density at radius 1 is 1.08 bits per heavy atom. The number of nitrogens with one attached hydrogen (secondary N) is 1. The molecule has 25 heavy (non-hydrogen) atoms. The van der Waals surface area contributed by atoms with Crippen molar-refractivity contribution in [1.29, 1.82) is 0 Å². The average Bonchev–Trinajstić information content (AvgIpc) is 3.16. The van der Waals surface area contributed by atoms with E-state index in [-0.39, 0.29) is 12.0 Å². The summed E-state index contributed by atoms with van der Waals surface area (Å²) in [5.41, 5.74) is 1.73. The summed E-state index contributed by atoms with van der Waals surface area (Å²) in [7, 11) is 0. The molecule has 126 valence electrons. The Kier molecular flexibility index (Phi) is 4.11. The first kappa shape index (κ1) is 15.7. The van der Waals surface area contributed by atoms with Crippen LogP contribution in [-0.4, -0.2) is 23.1 Å². The molecule has 0 spiro atoms. The van der Waals surface area contributed by atoms with Crippen molar-refractivity contribution < 1.29 is 14.3 Å². The van der Waals surface area contributed by atoms with Crippen molar-refractivity contribution in [3.8, 4) is 22.1 Å². The summed E-state index contributed by atoms with van der Waals surface area (Å²) in [4.78, 5) is 16.9. The zero-order valence-corrected chi connectivity index (χ0v) is 14.3. The van der Waals surface area contributed by atoms with Crippen molar-refractivity contribution in [2.24, 2.45) is 0 Å². The fraction of sp³-hybridized carbons (Fsp3) is 0.158. The normalized spacial score (nSPS) is 18.6. The molecule has 1 aliphatic rings. The van der Waals surface area contributed by atoms with Crippen LogP contribution in [0.2, 0.25) is 0 Å². The number of carbonyl (C=O) groups is 1. The number of ether oxygens (including phenoxy) is 2. The van der Waals surface area contributed by atoms with Crippen LogP contribution in [-0.2, 0) is 4.79 Å². The van der Waals surface area contributed by atoms with Crippen LogP contribution in [0.25, 0.3) is 10.6 Å². The van der Waals surface area contributed by atoms with E-state index in [0.717, 1.165) is 10.6 Å². The lowest BCUT2D eigenvalue weighted by Crippen LogP contribution is -2.46. The lowest BCUT2D eigenvalue weighted by molar-refractivity contribution is -0.128. The van der Waals surface area contributed by atoms with Crippen molar-refractivity contribution in [3.05, 3.63) is 60.1 Å². The van der Waals surface area contributed by atoms with Gasteiger partial charge in [0.2, 0.25) is 6.10 Å². The van der Waals surface area contributed by atoms with Crippen LogP contribution in [0.3, 0.4) is 0 Å². The molecule has 0 fully saturated rings. The minimum absolute atomic E-state index is 0.232. The molecule has 3 aromatic rings. The van der Waals surface area contributed by atoms with Gasteiger partial charge in [0.1, 0.15) is 11.1 Å². The summed E-state index contributed by atoms with van der Waals surface area (Å²) in [5.74, 6) is 1.01. The average molecular weight is 352 g/mol. The van der Waals surface area contributed by atoms with Gasteiger partial charge >= 0.3 is 0 Å². The summed E-state index contributed by atoms with van der Waals surface area (Å²) in [5, 5.41) is 5.77. The quantitative estimate of drug-likeness (QED) is 0.775. The summed E-state index contributed by atoms with van der Waals surface area (Å²) < 4.78 is 11.6. The predicted molar refractivity (Wildman–Crippen MR) is 97.1 cm³/mol. The number of rotatable bonds is 3. The van der Waals surface area contributed by atoms with E-state index in [9.17, 15) is 4.79 Å². The third-order valence-electron chi connectivity index (χ3n) is 3.93. The third kappa shape index (κ3) is 3.21. The minimum atomic E-state index is -0.700. The van der Waals surface area contributed by atoms with Gasteiger partial charge in [0.25, 0.3) is 5.91 Å². The number of benzene rings is 2. The summed E-state index contributed by atoms with van der Waals surface area (Å²) >= 11 is 1.58. The van der Waals surface area contributed by atoms with Gasteiger partial charge in [-0.05, 0) is 43.3 Å². The Morgan fingerprint density at radius 3 is 2.48 bits per heavy atom. The maximum atomic E-state index is 12.6. The van der Waals surface area contributed by atoms with E-state index in [1.165, 1.54) is 0 Å². The molecule has 1 N–H and O–H groups in total. The molecule has 2 atom stereocenters. The lowest BCUT2D eigenvalue weighted by atomic mass is 10.1. The van der Waals surface area contributed by atoms with Crippen LogP contribution < -0.4 is 14.8 Å². The molecule has 5 nitrogen and oxygen atoms in total. The molecule has 0 saturated carbocycles. The smallest absolute Gasteiger partial charge is 0.269 e. The maximum absolute atomic E-state index is 12.6. The van der Waals surface area contributed by atoms with Gasteiger partial charge in [-0.3, -0.25) is 4.79 Å². The second kappa shape index (κ2) is 6.57. The zero-order chi connectivity index (χ0) is 17.2. The topological polar surface area (TPSA) is 60.5 Å². The number of hydrogen-bond donors (Lipinski definition) is 1. The van der Waals surface area contributed by atoms with Crippen molar-refractivity contribution in [2.45, 2.75) is 19.1 Å². The Morgan fingerprint density at radius 2 is 1.80 bits per heavy atom. The van der Waals surface area contributed by atoms with Gasteiger partial charge in [-0.1, -0.05) is 12.1 Å². The third-order valence-corrected chi connectivity index (χ3v) is 4.75. The molecular weight excluding hydrogens is 336 g/mol. The number of amides is 1. The van der Waals surface area contributed by atoms with Crippen molar-refractivity contribution in [1.82, 2.24) is 4.98 Å². The minimum Gasteiger partial charge on any atom is -0.482 e. The van der Waals surface area contributed by atoms with Crippen molar-refractivity contribution >= 4 is 22.9 Å². The standard InChI is InChI=1S/C19H16N2O3S/c1-12-17(24-16-5-3-2-4-15(16)23-12)18(22)21-14-8-6-13(7-9-14)19-20-10-11-25-19/h2-12,17H,1H3,(H,21,22)/t12-,17-/m1/s1. The molecule has 0 aliphatic carbocycles. The van der Waals surface area contributed by atoms with Gasteiger partial charge in [0.05, 0.1) is 0 Å². The highest BCUT2D eigenvalue weighted by Crippen LogP contribution is 2.33. The number of para-hydroxylation sites is 2. The zero-order valence-electron chi connectivity index (χ0n) is 13.5. The molecule has 4 rings (SSSR count). The number of thiazole rings is 1. The Balaban J connectivity index is 1.47. The van der Waals surface area contributed by atoms with Gasteiger partial charge in [-0.15, -0.1) is 11.3 Å². The maximum Gasteiger partial charge on any atom is 0.269 e. The van der Waals surface area contributed by atoms with Crippen LogP contribution in [0, 0.1) is 0 Å². The van der Waals surface area contributed by atoms with E-state index in [0.29, 0.717) is 17.2 Å². The molecule has 2 heterocycles. The van der Waals surface area contributed by atoms with Gasteiger partial charge in [-0.2, -0.15) is 0 Å². The Labute approximate surface area is 149 Å². The number of nitrogens with zero attached hydrogens (tertiary/aromatic N) is 1. The van der Waals surface area contributed by atoms with Gasteiger partial charge in [0, 0.05) is 22.8 Å². The Bertz CT molecular complexity index is 878.